The van der Waals surface area contributed by atoms with Crippen molar-refractivity contribution in [1.82, 2.24) is 0 Å². The summed E-state index contributed by atoms with van der Waals surface area (Å²) in [4.78, 5) is 0. The molecule has 0 aliphatic heterocycles. The number of hydrogen-bond donors (Lipinski definition) is 1. The zero-order valence-corrected chi connectivity index (χ0v) is 11.0. The van der Waals surface area contributed by atoms with Crippen LogP contribution < -0.4 is 10.5 Å². The maximum absolute atomic E-state index is 13.9. The third kappa shape index (κ3) is 3.02. The normalized spacial score (nSPS) is 17.9. The Morgan fingerprint density at radius 3 is 2.78 bits per heavy atom. The average molecular weight is 251 g/mol. The molecule has 0 aromatic heterocycles. The highest BCUT2D eigenvalue weighted by Crippen LogP contribution is 2.29. The Balaban J connectivity index is 1.93. The molecule has 0 amide bonds. The van der Waals surface area contributed by atoms with Gasteiger partial charge in [-0.25, -0.2) is 4.39 Å². The van der Waals surface area contributed by atoms with Crippen LogP contribution in [0.3, 0.4) is 0 Å². The number of halogens is 1. The van der Waals surface area contributed by atoms with Gasteiger partial charge in [-0.15, -0.1) is 0 Å². The molecule has 1 aromatic rings. The maximum atomic E-state index is 13.9. The summed E-state index contributed by atoms with van der Waals surface area (Å²) in [6.07, 6.45) is 6.62. The molecule has 0 spiro atoms. The lowest BCUT2D eigenvalue weighted by Gasteiger charge is -2.18. The van der Waals surface area contributed by atoms with Crippen LogP contribution in [0.1, 0.15) is 37.7 Å². The zero-order chi connectivity index (χ0) is 13.0. The Morgan fingerprint density at radius 1 is 1.39 bits per heavy atom. The van der Waals surface area contributed by atoms with E-state index in [9.17, 15) is 4.39 Å². The van der Waals surface area contributed by atoms with Crippen LogP contribution >= 0.6 is 0 Å². The smallest absolute Gasteiger partial charge is 0.168 e. The first-order chi connectivity index (χ1) is 8.72. The number of benzene rings is 1. The minimum Gasteiger partial charge on any atom is -0.494 e. The fourth-order valence-corrected chi connectivity index (χ4v) is 2.85. The van der Waals surface area contributed by atoms with Gasteiger partial charge in [-0.05, 0) is 43.2 Å². The monoisotopic (exact) mass is 251 g/mol. The molecule has 1 aliphatic carbocycles. The van der Waals surface area contributed by atoms with Gasteiger partial charge in [-0.2, -0.15) is 0 Å². The third-order valence-electron chi connectivity index (χ3n) is 4.02. The van der Waals surface area contributed by atoms with Gasteiger partial charge in [0.1, 0.15) is 0 Å². The second kappa shape index (κ2) is 6.19. The van der Waals surface area contributed by atoms with E-state index in [1.807, 2.05) is 12.1 Å². The molecule has 0 radical (unpaired) electrons. The largest absolute Gasteiger partial charge is 0.494 e. The van der Waals surface area contributed by atoms with Crippen molar-refractivity contribution in [3.63, 3.8) is 0 Å². The standard InChI is InChI=1S/C15H22FNO/c1-18-14-8-4-7-12(15(14)16)9-10-13(17)11-5-2-3-6-11/h4,7-8,11,13H,2-3,5-6,9-10,17H2,1H3. The molecule has 2 nitrogen and oxygen atoms in total. The summed E-state index contributed by atoms with van der Waals surface area (Å²) in [7, 11) is 1.49. The minimum atomic E-state index is -0.237. The van der Waals surface area contributed by atoms with Crippen molar-refractivity contribution in [2.75, 3.05) is 7.11 Å². The van der Waals surface area contributed by atoms with Crippen LogP contribution in [-0.4, -0.2) is 13.2 Å². The van der Waals surface area contributed by atoms with Gasteiger partial charge < -0.3 is 10.5 Å². The maximum Gasteiger partial charge on any atom is 0.168 e. The summed E-state index contributed by atoms with van der Waals surface area (Å²) < 4.78 is 18.9. The molecule has 0 heterocycles. The van der Waals surface area contributed by atoms with E-state index < -0.39 is 0 Å². The Hall–Kier alpha value is -1.09. The highest BCUT2D eigenvalue weighted by atomic mass is 19.1. The predicted molar refractivity (Wildman–Crippen MR) is 71.2 cm³/mol. The fraction of sp³-hybridized carbons (Fsp3) is 0.600. The number of aryl methyl sites for hydroxylation is 1. The van der Waals surface area contributed by atoms with Crippen molar-refractivity contribution in [3.8, 4) is 5.75 Å². The predicted octanol–water partition coefficient (Wildman–Crippen LogP) is 3.28. The second-order valence-electron chi connectivity index (χ2n) is 5.18. The van der Waals surface area contributed by atoms with E-state index in [-0.39, 0.29) is 11.9 Å². The van der Waals surface area contributed by atoms with Crippen LogP contribution in [0.4, 0.5) is 4.39 Å². The molecular formula is C15H22FNO. The average Bonchev–Trinajstić information content (AvgIpc) is 2.91. The molecule has 1 fully saturated rings. The Bertz CT molecular complexity index is 388. The molecule has 3 heteroatoms. The van der Waals surface area contributed by atoms with Crippen LogP contribution in [0.25, 0.3) is 0 Å². The topological polar surface area (TPSA) is 35.2 Å². The van der Waals surface area contributed by atoms with Gasteiger partial charge in [0.2, 0.25) is 0 Å². The van der Waals surface area contributed by atoms with E-state index in [0.29, 0.717) is 23.7 Å². The van der Waals surface area contributed by atoms with Crippen molar-refractivity contribution in [2.45, 2.75) is 44.6 Å². The molecular weight excluding hydrogens is 229 g/mol. The van der Waals surface area contributed by atoms with E-state index in [1.54, 1.807) is 6.07 Å². The molecule has 0 bridgehead atoms. The van der Waals surface area contributed by atoms with Gasteiger partial charge in [-0.1, -0.05) is 25.0 Å². The fourth-order valence-electron chi connectivity index (χ4n) is 2.85. The summed E-state index contributed by atoms with van der Waals surface area (Å²) >= 11 is 0. The lowest BCUT2D eigenvalue weighted by molar-refractivity contribution is 0.380. The van der Waals surface area contributed by atoms with Gasteiger partial charge in [0.05, 0.1) is 7.11 Å². The number of hydrogen-bond acceptors (Lipinski definition) is 2. The first kappa shape index (κ1) is 13.3. The van der Waals surface area contributed by atoms with Crippen molar-refractivity contribution in [2.24, 2.45) is 11.7 Å². The van der Waals surface area contributed by atoms with Gasteiger partial charge in [0.15, 0.2) is 11.6 Å². The van der Waals surface area contributed by atoms with Crippen molar-refractivity contribution < 1.29 is 9.13 Å². The van der Waals surface area contributed by atoms with Crippen LogP contribution in [0.15, 0.2) is 18.2 Å². The van der Waals surface area contributed by atoms with E-state index in [0.717, 1.165) is 6.42 Å². The summed E-state index contributed by atoms with van der Waals surface area (Å²) in [5.41, 5.74) is 6.90. The first-order valence-corrected chi connectivity index (χ1v) is 6.79. The molecule has 1 aromatic carbocycles. The van der Waals surface area contributed by atoms with E-state index in [1.165, 1.54) is 32.8 Å². The molecule has 1 saturated carbocycles. The second-order valence-corrected chi connectivity index (χ2v) is 5.18. The van der Waals surface area contributed by atoms with Crippen LogP contribution in [0.5, 0.6) is 5.75 Å². The van der Waals surface area contributed by atoms with Gasteiger partial charge in [0, 0.05) is 6.04 Å². The van der Waals surface area contributed by atoms with E-state index in [2.05, 4.69) is 0 Å². The Kier molecular flexibility index (Phi) is 4.59. The highest BCUT2D eigenvalue weighted by Gasteiger charge is 2.22. The molecule has 1 unspecified atom stereocenters. The van der Waals surface area contributed by atoms with Crippen molar-refractivity contribution >= 4 is 0 Å². The van der Waals surface area contributed by atoms with E-state index >= 15 is 0 Å². The van der Waals surface area contributed by atoms with Crippen LogP contribution in [0, 0.1) is 11.7 Å². The number of rotatable bonds is 5. The molecule has 18 heavy (non-hydrogen) atoms. The van der Waals surface area contributed by atoms with Gasteiger partial charge in [0.25, 0.3) is 0 Å². The molecule has 2 rings (SSSR count). The molecule has 0 saturated heterocycles. The number of nitrogens with two attached hydrogens (primary N) is 1. The minimum absolute atomic E-state index is 0.207. The van der Waals surface area contributed by atoms with Crippen molar-refractivity contribution in [3.05, 3.63) is 29.6 Å². The van der Waals surface area contributed by atoms with Crippen molar-refractivity contribution in [1.29, 1.82) is 0 Å². The van der Waals surface area contributed by atoms with Gasteiger partial charge in [-0.3, -0.25) is 0 Å². The third-order valence-corrected chi connectivity index (χ3v) is 4.02. The van der Waals surface area contributed by atoms with Crippen LogP contribution in [-0.2, 0) is 6.42 Å². The molecule has 1 aliphatic rings. The summed E-state index contributed by atoms with van der Waals surface area (Å²) in [5.74, 6) is 0.722. The van der Waals surface area contributed by atoms with E-state index in [4.69, 9.17) is 10.5 Å². The zero-order valence-electron chi connectivity index (χ0n) is 11.0. The molecule has 100 valence electrons. The van der Waals surface area contributed by atoms with Crippen LogP contribution in [0.2, 0.25) is 0 Å². The summed E-state index contributed by atoms with van der Waals surface area (Å²) in [6, 6.07) is 5.51. The lowest BCUT2D eigenvalue weighted by atomic mass is 9.93. The lowest BCUT2D eigenvalue weighted by Crippen LogP contribution is -2.28. The Morgan fingerprint density at radius 2 is 2.11 bits per heavy atom. The Labute approximate surface area is 108 Å². The van der Waals surface area contributed by atoms with Gasteiger partial charge >= 0.3 is 0 Å². The highest BCUT2D eigenvalue weighted by molar-refractivity contribution is 5.31. The number of ether oxygens (including phenoxy) is 1. The SMILES string of the molecule is COc1cccc(CCC(N)C2CCCC2)c1F. The summed E-state index contributed by atoms with van der Waals surface area (Å²) in [5, 5.41) is 0. The number of methoxy groups -OCH3 is 1. The molecule has 2 N–H and O–H groups in total. The first-order valence-electron chi connectivity index (χ1n) is 6.79. The molecule has 1 atom stereocenters. The summed E-state index contributed by atoms with van der Waals surface area (Å²) in [6.45, 7) is 0. The quantitative estimate of drug-likeness (QED) is 0.871.